The zero-order chi connectivity index (χ0) is 9.45. The van der Waals surface area contributed by atoms with Crippen molar-refractivity contribution >= 4 is 0 Å². The first-order valence-electron chi connectivity index (χ1n) is 3.53. The molecule has 0 aliphatic carbocycles. The molecule has 0 saturated heterocycles. The Morgan fingerprint density at radius 3 is 2.25 bits per heavy atom. The van der Waals surface area contributed by atoms with Gasteiger partial charge in [-0.05, 0) is 6.92 Å². The van der Waals surface area contributed by atoms with Crippen molar-refractivity contribution < 1.29 is 4.39 Å². The summed E-state index contributed by atoms with van der Waals surface area (Å²) in [5.41, 5.74) is -1.05. The van der Waals surface area contributed by atoms with Gasteiger partial charge in [-0.15, -0.1) is 11.8 Å². The van der Waals surface area contributed by atoms with E-state index >= 15 is 0 Å². The number of hydrogen-bond donors (Lipinski definition) is 0. The van der Waals surface area contributed by atoms with Gasteiger partial charge in [0.1, 0.15) is 6.67 Å². The van der Waals surface area contributed by atoms with Crippen molar-refractivity contribution in [2.45, 2.75) is 19.8 Å². The van der Waals surface area contributed by atoms with Crippen molar-refractivity contribution in [1.29, 1.82) is 10.5 Å². The molecule has 0 heterocycles. The highest BCUT2D eigenvalue weighted by Gasteiger charge is 2.21. The second-order valence-corrected chi connectivity index (χ2v) is 2.53. The minimum atomic E-state index is -1.05. The predicted molar refractivity (Wildman–Crippen MR) is 42.3 cm³/mol. The summed E-state index contributed by atoms with van der Waals surface area (Å²) in [6.45, 7) is 1.03. The van der Waals surface area contributed by atoms with Crippen LogP contribution in [0.5, 0.6) is 0 Å². The lowest BCUT2D eigenvalue weighted by Gasteiger charge is -2.04. The third-order valence-electron chi connectivity index (χ3n) is 1.28. The topological polar surface area (TPSA) is 47.6 Å². The van der Waals surface area contributed by atoms with Crippen LogP contribution in [0.25, 0.3) is 0 Å². The fourth-order valence-electron chi connectivity index (χ4n) is 0.479. The highest BCUT2D eigenvalue weighted by molar-refractivity contribution is 5.17. The minimum absolute atomic E-state index is 0.174. The van der Waals surface area contributed by atoms with Gasteiger partial charge in [-0.25, -0.2) is 0 Å². The Balaban J connectivity index is 4.04. The van der Waals surface area contributed by atoms with E-state index in [-0.39, 0.29) is 12.8 Å². The average molecular weight is 164 g/mol. The molecule has 12 heavy (non-hydrogen) atoms. The van der Waals surface area contributed by atoms with Crippen molar-refractivity contribution in [2.24, 2.45) is 5.41 Å². The summed E-state index contributed by atoms with van der Waals surface area (Å²) in [4.78, 5) is 0. The largest absolute Gasteiger partial charge is 0.250 e. The number of hydrogen-bond acceptors (Lipinski definition) is 2. The van der Waals surface area contributed by atoms with Gasteiger partial charge >= 0.3 is 0 Å². The van der Waals surface area contributed by atoms with E-state index in [2.05, 4.69) is 11.8 Å². The molecule has 0 spiro atoms. The third-order valence-corrected chi connectivity index (χ3v) is 1.28. The molecule has 0 atom stereocenters. The monoisotopic (exact) mass is 164 g/mol. The summed E-state index contributed by atoms with van der Waals surface area (Å²) in [6, 6.07) is 3.70. The van der Waals surface area contributed by atoms with Crippen LogP contribution in [-0.4, -0.2) is 6.67 Å². The Labute approximate surface area is 71.6 Å². The van der Waals surface area contributed by atoms with Gasteiger partial charge in [0.15, 0.2) is 5.41 Å². The number of alkyl halides is 1. The lowest BCUT2D eigenvalue weighted by molar-refractivity contribution is 0.505. The first-order valence-corrected chi connectivity index (χ1v) is 3.53. The molecule has 0 rings (SSSR count). The molecule has 0 fully saturated rings. The van der Waals surface area contributed by atoms with Crippen LogP contribution in [0.1, 0.15) is 19.8 Å². The average Bonchev–Trinajstić information content (AvgIpc) is 2.12. The summed E-state index contributed by atoms with van der Waals surface area (Å²) >= 11 is 0. The molecule has 0 aliphatic heterocycles. The molecule has 0 aliphatic rings. The van der Waals surface area contributed by atoms with E-state index in [1.807, 2.05) is 12.1 Å². The summed E-state index contributed by atoms with van der Waals surface area (Å²) in [5, 5.41) is 17.1. The van der Waals surface area contributed by atoms with E-state index in [0.717, 1.165) is 0 Å². The summed E-state index contributed by atoms with van der Waals surface area (Å²) in [5.74, 6) is 5.13. The quantitative estimate of drug-likeness (QED) is 0.584. The second kappa shape index (κ2) is 5.16. The molecule has 0 aromatic carbocycles. The molecule has 0 amide bonds. The van der Waals surface area contributed by atoms with Crippen molar-refractivity contribution in [2.75, 3.05) is 6.67 Å². The number of rotatable bonds is 2. The first kappa shape index (κ1) is 10.5. The van der Waals surface area contributed by atoms with Crippen LogP contribution in [0, 0.1) is 39.9 Å². The zero-order valence-corrected chi connectivity index (χ0v) is 6.89. The Morgan fingerprint density at radius 1 is 1.25 bits per heavy atom. The Hall–Kier alpha value is -1.53. The van der Waals surface area contributed by atoms with Crippen LogP contribution in [0.4, 0.5) is 4.39 Å². The molecule has 0 radical (unpaired) electrons. The second-order valence-electron chi connectivity index (χ2n) is 2.53. The van der Waals surface area contributed by atoms with E-state index in [1.165, 1.54) is 6.92 Å². The Bertz CT molecular complexity index is 258. The van der Waals surface area contributed by atoms with Crippen molar-refractivity contribution in [3.05, 3.63) is 0 Å². The molecule has 3 heteroatoms. The van der Waals surface area contributed by atoms with Crippen molar-refractivity contribution in [1.82, 2.24) is 0 Å². The predicted octanol–water partition coefficient (Wildman–Crippen LogP) is 1.79. The zero-order valence-electron chi connectivity index (χ0n) is 6.89. The maximum atomic E-state index is 11.5. The minimum Gasteiger partial charge on any atom is -0.250 e. The summed E-state index contributed by atoms with van der Waals surface area (Å²) in [6.07, 6.45) is 0.354. The number of nitriles is 2. The third kappa shape index (κ3) is 3.59. The van der Waals surface area contributed by atoms with Gasteiger partial charge in [0.2, 0.25) is 0 Å². The molecule has 0 aromatic rings. The molecule has 2 nitrogen and oxygen atoms in total. The molecule has 62 valence electrons. The number of halogens is 1. The number of nitrogens with zero attached hydrogens (tertiary/aromatic N) is 2. The summed E-state index contributed by atoms with van der Waals surface area (Å²) in [7, 11) is 0. The molecule has 0 unspecified atom stereocenters. The standard InChI is InChI=1S/C9H9FN2/c1-9(7-11,8-12)5-3-2-4-6-10/h4-6H2,1H3. The van der Waals surface area contributed by atoms with E-state index in [0.29, 0.717) is 0 Å². The van der Waals surface area contributed by atoms with E-state index in [1.54, 1.807) is 0 Å². The smallest absolute Gasteiger partial charge is 0.151 e. The van der Waals surface area contributed by atoms with E-state index < -0.39 is 12.1 Å². The molecule has 0 N–H and O–H groups in total. The molecular weight excluding hydrogens is 155 g/mol. The van der Waals surface area contributed by atoms with Crippen LogP contribution < -0.4 is 0 Å². The Kier molecular flexibility index (Phi) is 4.51. The van der Waals surface area contributed by atoms with Crippen LogP contribution in [0.15, 0.2) is 0 Å². The van der Waals surface area contributed by atoms with Gasteiger partial charge in [-0.2, -0.15) is 10.5 Å². The fraction of sp³-hybridized carbons (Fsp3) is 0.556. The van der Waals surface area contributed by atoms with Gasteiger partial charge in [0, 0.05) is 12.8 Å². The SMILES string of the molecule is CC(C#N)(C#N)CC#CCCF. The van der Waals surface area contributed by atoms with Gasteiger partial charge < -0.3 is 0 Å². The molecule has 0 saturated carbocycles. The van der Waals surface area contributed by atoms with Crippen molar-refractivity contribution in [3.63, 3.8) is 0 Å². The van der Waals surface area contributed by atoms with E-state index in [9.17, 15) is 4.39 Å². The van der Waals surface area contributed by atoms with Gasteiger partial charge in [0.05, 0.1) is 12.1 Å². The lowest BCUT2D eigenvalue weighted by atomic mass is 9.91. The Morgan fingerprint density at radius 2 is 1.83 bits per heavy atom. The molecular formula is C9H9FN2. The van der Waals surface area contributed by atoms with Crippen molar-refractivity contribution in [3.8, 4) is 24.0 Å². The van der Waals surface area contributed by atoms with Crippen LogP contribution in [0.2, 0.25) is 0 Å². The highest BCUT2D eigenvalue weighted by atomic mass is 19.1. The van der Waals surface area contributed by atoms with Crippen LogP contribution in [-0.2, 0) is 0 Å². The van der Waals surface area contributed by atoms with Gasteiger partial charge in [0.25, 0.3) is 0 Å². The normalized spacial score (nSPS) is 9.00. The molecule has 0 bridgehead atoms. The molecule has 0 aromatic heterocycles. The van der Waals surface area contributed by atoms with Crippen LogP contribution >= 0.6 is 0 Å². The van der Waals surface area contributed by atoms with Crippen LogP contribution in [0.3, 0.4) is 0 Å². The summed E-state index contributed by atoms with van der Waals surface area (Å²) < 4.78 is 11.5. The maximum Gasteiger partial charge on any atom is 0.151 e. The maximum absolute atomic E-state index is 11.5. The van der Waals surface area contributed by atoms with Gasteiger partial charge in [-0.1, -0.05) is 0 Å². The highest BCUT2D eigenvalue weighted by Crippen LogP contribution is 2.16. The van der Waals surface area contributed by atoms with Gasteiger partial charge in [-0.3, -0.25) is 4.39 Å². The first-order chi connectivity index (χ1) is 5.68. The fourth-order valence-corrected chi connectivity index (χ4v) is 0.479. The van der Waals surface area contributed by atoms with E-state index in [4.69, 9.17) is 10.5 Å². The lowest BCUT2D eigenvalue weighted by Crippen LogP contribution is -2.08.